The van der Waals surface area contributed by atoms with Gasteiger partial charge in [0.1, 0.15) is 0 Å². The first-order chi connectivity index (χ1) is 7.13. The molecule has 1 aromatic heterocycles. The van der Waals surface area contributed by atoms with Crippen molar-refractivity contribution >= 4 is 11.3 Å². The molecule has 0 spiro atoms. The summed E-state index contributed by atoms with van der Waals surface area (Å²) in [4.78, 5) is 3.67. The summed E-state index contributed by atoms with van der Waals surface area (Å²) in [5.41, 5.74) is 0. The molecule has 0 aromatic carbocycles. The van der Waals surface area contributed by atoms with Gasteiger partial charge in [0.2, 0.25) is 0 Å². The number of likely N-dealkylation sites (N-methyl/N-ethyl adjacent to an activating group) is 1. The van der Waals surface area contributed by atoms with Gasteiger partial charge in [0.15, 0.2) is 0 Å². The Morgan fingerprint density at radius 3 is 2.80 bits per heavy atom. The van der Waals surface area contributed by atoms with Crippen molar-refractivity contribution in [2.24, 2.45) is 5.92 Å². The zero-order valence-electron chi connectivity index (χ0n) is 9.60. The first-order valence-corrected chi connectivity index (χ1v) is 6.13. The van der Waals surface area contributed by atoms with Gasteiger partial charge >= 0.3 is 0 Å². The fourth-order valence-electron chi connectivity index (χ4n) is 1.53. The lowest BCUT2D eigenvalue weighted by molar-refractivity contribution is 0.240. The summed E-state index contributed by atoms with van der Waals surface area (Å²) in [6.07, 6.45) is 1.08. The minimum atomic E-state index is 0.112. The fraction of sp³-hybridized carbons (Fsp3) is 0.583. The van der Waals surface area contributed by atoms with Gasteiger partial charge < -0.3 is 4.90 Å². The summed E-state index contributed by atoms with van der Waals surface area (Å²) in [5.74, 6) is 0.112. The molecule has 3 heteroatoms. The summed E-state index contributed by atoms with van der Waals surface area (Å²) in [6.45, 7) is 5.03. The van der Waals surface area contributed by atoms with E-state index < -0.39 is 0 Å². The molecule has 0 bridgehead atoms. The SMILES string of the molecule is CC(C#N)CN(C)C(C)Cc1cccs1. The van der Waals surface area contributed by atoms with Crippen molar-refractivity contribution in [1.82, 2.24) is 4.90 Å². The molecule has 0 saturated carbocycles. The van der Waals surface area contributed by atoms with Gasteiger partial charge in [-0.2, -0.15) is 5.26 Å². The summed E-state index contributed by atoms with van der Waals surface area (Å²) in [6, 6.07) is 7.03. The van der Waals surface area contributed by atoms with Crippen LogP contribution in [0.25, 0.3) is 0 Å². The van der Waals surface area contributed by atoms with Crippen LogP contribution in [0.1, 0.15) is 18.7 Å². The molecule has 0 amide bonds. The van der Waals surface area contributed by atoms with Crippen LogP contribution in [0.5, 0.6) is 0 Å². The maximum absolute atomic E-state index is 8.75. The highest BCUT2D eigenvalue weighted by Crippen LogP contribution is 2.14. The second-order valence-corrected chi connectivity index (χ2v) is 5.13. The molecule has 0 aliphatic heterocycles. The van der Waals surface area contributed by atoms with Crippen LogP contribution in [-0.2, 0) is 6.42 Å². The van der Waals surface area contributed by atoms with Crippen molar-refractivity contribution in [3.05, 3.63) is 22.4 Å². The highest BCUT2D eigenvalue weighted by molar-refractivity contribution is 7.09. The molecule has 2 nitrogen and oxygen atoms in total. The van der Waals surface area contributed by atoms with E-state index in [2.05, 4.69) is 42.5 Å². The van der Waals surface area contributed by atoms with E-state index in [9.17, 15) is 0 Å². The first kappa shape index (κ1) is 12.2. The Kier molecular flexibility index (Phi) is 4.80. The zero-order valence-corrected chi connectivity index (χ0v) is 10.4. The van der Waals surface area contributed by atoms with E-state index in [4.69, 9.17) is 5.26 Å². The molecular formula is C12H18N2S. The summed E-state index contributed by atoms with van der Waals surface area (Å²) in [5, 5.41) is 10.9. The normalized spacial score (nSPS) is 14.9. The minimum Gasteiger partial charge on any atom is -0.302 e. The smallest absolute Gasteiger partial charge is 0.0666 e. The summed E-state index contributed by atoms with van der Waals surface area (Å²) in [7, 11) is 2.09. The Bertz CT molecular complexity index is 313. The Balaban J connectivity index is 2.40. The molecule has 0 fully saturated rings. The van der Waals surface area contributed by atoms with Gasteiger partial charge in [0, 0.05) is 17.5 Å². The van der Waals surface area contributed by atoms with Crippen LogP contribution in [0.4, 0.5) is 0 Å². The molecule has 2 unspecified atom stereocenters. The van der Waals surface area contributed by atoms with E-state index in [0.717, 1.165) is 13.0 Å². The van der Waals surface area contributed by atoms with Crippen molar-refractivity contribution < 1.29 is 0 Å². The van der Waals surface area contributed by atoms with Gasteiger partial charge in [-0.15, -0.1) is 11.3 Å². The predicted octanol–water partition coefficient (Wildman–Crippen LogP) is 2.77. The maximum Gasteiger partial charge on any atom is 0.0666 e. The number of nitrogens with zero attached hydrogens (tertiary/aromatic N) is 2. The van der Waals surface area contributed by atoms with E-state index in [1.807, 2.05) is 6.92 Å². The third-order valence-corrected chi connectivity index (χ3v) is 3.51. The van der Waals surface area contributed by atoms with Crippen molar-refractivity contribution in [1.29, 1.82) is 5.26 Å². The molecule has 82 valence electrons. The summed E-state index contributed by atoms with van der Waals surface area (Å²) < 4.78 is 0. The molecule has 0 aliphatic carbocycles. The van der Waals surface area contributed by atoms with Gasteiger partial charge in [0.25, 0.3) is 0 Å². The van der Waals surface area contributed by atoms with E-state index in [-0.39, 0.29) is 5.92 Å². The predicted molar refractivity (Wildman–Crippen MR) is 64.9 cm³/mol. The molecule has 1 heterocycles. The molecule has 1 aromatic rings. The highest BCUT2D eigenvalue weighted by Gasteiger charge is 2.12. The molecule has 1 rings (SSSR count). The van der Waals surface area contributed by atoms with Crippen LogP contribution in [0.3, 0.4) is 0 Å². The lowest BCUT2D eigenvalue weighted by atomic mass is 10.1. The first-order valence-electron chi connectivity index (χ1n) is 5.25. The number of hydrogen-bond donors (Lipinski definition) is 0. The van der Waals surface area contributed by atoms with E-state index in [1.54, 1.807) is 11.3 Å². The Hall–Kier alpha value is -0.850. The number of hydrogen-bond acceptors (Lipinski definition) is 3. The molecule has 0 saturated heterocycles. The molecule has 15 heavy (non-hydrogen) atoms. The second-order valence-electron chi connectivity index (χ2n) is 4.10. The lowest BCUT2D eigenvalue weighted by Crippen LogP contribution is -2.33. The Morgan fingerprint density at radius 2 is 2.27 bits per heavy atom. The van der Waals surface area contributed by atoms with Gasteiger partial charge in [0.05, 0.1) is 12.0 Å². The lowest BCUT2D eigenvalue weighted by Gasteiger charge is -2.25. The van der Waals surface area contributed by atoms with E-state index in [1.165, 1.54) is 4.88 Å². The van der Waals surface area contributed by atoms with E-state index >= 15 is 0 Å². The fourth-order valence-corrected chi connectivity index (χ4v) is 2.35. The van der Waals surface area contributed by atoms with Gasteiger partial charge in [-0.3, -0.25) is 0 Å². The molecule has 0 radical (unpaired) electrons. The topological polar surface area (TPSA) is 27.0 Å². The van der Waals surface area contributed by atoms with Crippen LogP contribution in [-0.4, -0.2) is 24.5 Å². The quantitative estimate of drug-likeness (QED) is 0.766. The second kappa shape index (κ2) is 5.89. The van der Waals surface area contributed by atoms with Gasteiger partial charge in [-0.1, -0.05) is 6.07 Å². The number of thiophene rings is 1. The van der Waals surface area contributed by atoms with E-state index in [0.29, 0.717) is 6.04 Å². The Labute approximate surface area is 96.1 Å². The molecular weight excluding hydrogens is 204 g/mol. The van der Waals surface area contributed by atoms with Crippen molar-refractivity contribution in [3.63, 3.8) is 0 Å². The highest BCUT2D eigenvalue weighted by atomic mass is 32.1. The molecule has 2 atom stereocenters. The molecule has 0 aliphatic rings. The number of rotatable bonds is 5. The third kappa shape index (κ3) is 4.03. The zero-order chi connectivity index (χ0) is 11.3. The molecule has 0 N–H and O–H groups in total. The van der Waals surface area contributed by atoms with Crippen LogP contribution in [0.15, 0.2) is 17.5 Å². The van der Waals surface area contributed by atoms with Crippen LogP contribution in [0.2, 0.25) is 0 Å². The van der Waals surface area contributed by atoms with Crippen LogP contribution in [0, 0.1) is 17.2 Å². The average molecular weight is 222 g/mol. The van der Waals surface area contributed by atoms with Crippen molar-refractivity contribution in [3.8, 4) is 6.07 Å². The summed E-state index contributed by atoms with van der Waals surface area (Å²) >= 11 is 1.80. The average Bonchev–Trinajstić information content (AvgIpc) is 2.70. The van der Waals surface area contributed by atoms with Crippen LogP contribution < -0.4 is 0 Å². The standard InChI is InChI=1S/C12H18N2S/c1-10(8-13)9-14(3)11(2)7-12-5-4-6-15-12/h4-6,10-11H,7,9H2,1-3H3. The van der Waals surface area contributed by atoms with Crippen LogP contribution >= 0.6 is 11.3 Å². The third-order valence-electron chi connectivity index (χ3n) is 2.61. The van der Waals surface area contributed by atoms with Gasteiger partial charge in [-0.25, -0.2) is 0 Å². The largest absolute Gasteiger partial charge is 0.302 e. The van der Waals surface area contributed by atoms with Crippen molar-refractivity contribution in [2.75, 3.05) is 13.6 Å². The Morgan fingerprint density at radius 1 is 1.53 bits per heavy atom. The monoisotopic (exact) mass is 222 g/mol. The number of nitriles is 1. The van der Waals surface area contributed by atoms with Gasteiger partial charge in [-0.05, 0) is 38.8 Å². The van der Waals surface area contributed by atoms with Crippen molar-refractivity contribution in [2.45, 2.75) is 26.3 Å². The minimum absolute atomic E-state index is 0.112. The maximum atomic E-state index is 8.75.